The van der Waals surface area contributed by atoms with Gasteiger partial charge in [0.05, 0.1) is 21.6 Å². The van der Waals surface area contributed by atoms with Crippen molar-refractivity contribution in [1.29, 1.82) is 0 Å². The summed E-state index contributed by atoms with van der Waals surface area (Å²) in [6.07, 6.45) is 9.44. The van der Waals surface area contributed by atoms with Gasteiger partial charge < -0.3 is 15.5 Å². The fourth-order valence-electron chi connectivity index (χ4n) is 4.35. The minimum atomic E-state index is -0.560. The van der Waals surface area contributed by atoms with Crippen LogP contribution < -0.4 is 16.0 Å². The SMILES string of the molecule is CC1C=CC(C)N1C(=O)c1ccc(-c2cc(NC3CC3)n3ncc(/C=C4\NC(=O)NC4=O)c3n2)s1. The van der Waals surface area contributed by atoms with Gasteiger partial charge in [-0.15, -0.1) is 11.3 Å². The maximum Gasteiger partial charge on any atom is 0.326 e. The number of carbonyl (C=O) groups excluding carboxylic acids is 3. The van der Waals surface area contributed by atoms with Crippen LogP contribution in [-0.2, 0) is 4.79 Å². The number of anilines is 1. The highest BCUT2D eigenvalue weighted by Gasteiger charge is 2.29. The van der Waals surface area contributed by atoms with Crippen molar-refractivity contribution in [3.8, 4) is 10.6 Å². The Morgan fingerprint density at radius 2 is 1.94 bits per heavy atom. The van der Waals surface area contributed by atoms with Crippen LogP contribution in [0.2, 0.25) is 0 Å². The van der Waals surface area contributed by atoms with Gasteiger partial charge in [0.1, 0.15) is 11.5 Å². The second-order valence-corrected chi connectivity index (χ2v) is 10.1. The molecule has 2 atom stereocenters. The number of hydrogen-bond donors (Lipinski definition) is 3. The molecule has 3 aromatic rings. The lowest BCUT2D eigenvalue weighted by molar-refractivity contribution is -0.115. The zero-order chi connectivity index (χ0) is 24.3. The molecule has 5 heterocycles. The fraction of sp³-hybridized carbons (Fsp3) is 0.292. The smallest absolute Gasteiger partial charge is 0.326 e. The molecule has 0 radical (unpaired) electrons. The number of thiophene rings is 1. The second kappa shape index (κ2) is 8.05. The summed E-state index contributed by atoms with van der Waals surface area (Å²) in [6.45, 7) is 4.03. The zero-order valence-electron chi connectivity index (χ0n) is 19.1. The molecule has 3 aromatic heterocycles. The average molecular weight is 490 g/mol. The molecule has 3 aliphatic rings. The number of amides is 4. The van der Waals surface area contributed by atoms with Crippen LogP contribution in [0.15, 0.2) is 42.2 Å². The van der Waals surface area contributed by atoms with Crippen molar-refractivity contribution in [2.24, 2.45) is 0 Å². The quantitative estimate of drug-likeness (QED) is 0.288. The lowest BCUT2D eigenvalue weighted by atomic mass is 10.2. The van der Waals surface area contributed by atoms with Gasteiger partial charge in [-0.2, -0.15) is 9.61 Å². The van der Waals surface area contributed by atoms with Crippen molar-refractivity contribution < 1.29 is 14.4 Å². The Labute approximate surface area is 204 Å². The molecule has 2 fully saturated rings. The van der Waals surface area contributed by atoms with E-state index in [1.165, 1.54) is 11.3 Å². The lowest BCUT2D eigenvalue weighted by Gasteiger charge is -2.25. The van der Waals surface area contributed by atoms with E-state index in [0.717, 1.165) is 23.5 Å². The van der Waals surface area contributed by atoms with Crippen LogP contribution in [0.25, 0.3) is 22.3 Å². The molecule has 0 aromatic carbocycles. The molecule has 4 amide bonds. The highest BCUT2D eigenvalue weighted by atomic mass is 32.1. The number of imide groups is 1. The summed E-state index contributed by atoms with van der Waals surface area (Å²) in [4.78, 5) is 44.9. The predicted octanol–water partition coefficient (Wildman–Crippen LogP) is 3.00. The van der Waals surface area contributed by atoms with Crippen molar-refractivity contribution in [2.45, 2.75) is 44.8 Å². The van der Waals surface area contributed by atoms with Gasteiger partial charge in [-0.1, -0.05) is 12.2 Å². The minimum Gasteiger partial charge on any atom is -0.367 e. The number of rotatable bonds is 5. The summed E-state index contributed by atoms with van der Waals surface area (Å²) in [7, 11) is 0. The van der Waals surface area contributed by atoms with Crippen LogP contribution >= 0.6 is 11.3 Å². The molecule has 178 valence electrons. The van der Waals surface area contributed by atoms with E-state index in [-0.39, 0.29) is 23.7 Å². The standard InChI is InChI=1S/C24H23N7O3S/c1-12-3-4-13(2)30(12)23(33)19-8-7-18(35-19)16-10-20(26-15-5-6-15)31-21(27-16)14(11-25-31)9-17-22(32)29-24(34)28-17/h3-4,7-13,15,26H,5-6H2,1-2H3,(H2,28,29,32,34)/b17-9-. The maximum atomic E-state index is 13.2. The van der Waals surface area contributed by atoms with Crippen LogP contribution in [0.4, 0.5) is 10.6 Å². The topological polar surface area (TPSA) is 121 Å². The number of nitrogens with one attached hydrogen (secondary N) is 3. The van der Waals surface area contributed by atoms with Crippen LogP contribution in [0.5, 0.6) is 0 Å². The Bertz CT molecular complexity index is 1440. The lowest BCUT2D eigenvalue weighted by Crippen LogP contribution is -2.38. The summed E-state index contributed by atoms with van der Waals surface area (Å²) in [5.74, 6) is 0.286. The molecular weight excluding hydrogens is 466 g/mol. The first-order valence-electron chi connectivity index (χ1n) is 11.5. The molecule has 0 spiro atoms. The fourth-order valence-corrected chi connectivity index (χ4v) is 5.26. The Morgan fingerprint density at radius 1 is 1.17 bits per heavy atom. The Morgan fingerprint density at radius 3 is 2.63 bits per heavy atom. The van der Waals surface area contributed by atoms with E-state index in [1.807, 2.05) is 49.1 Å². The van der Waals surface area contributed by atoms with Gasteiger partial charge in [-0.05, 0) is 44.9 Å². The van der Waals surface area contributed by atoms with Gasteiger partial charge in [0.2, 0.25) is 0 Å². The van der Waals surface area contributed by atoms with Crippen LogP contribution in [-0.4, -0.2) is 55.5 Å². The molecule has 1 saturated carbocycles. The zero-order valence-corrected chi connectivity index (χ0v) is 19.9. The Balaban J connectivity index is 1.39. The highest BCUT2D eigenvalue weighted by molar-refractivity contribution is 7.17. The largest absolute Gasteiger partial charge is 0.367 e. The molecule has 2 unspecified atom stereocenters. The minimum absolute atomic E-state index is 0.00131. The molecule has 6 rings (SSSR count). The first-order valence-corrected chi connectivity index (χ1v) is 12.3. The number of urea groups is 1. The number of fused-ring (bicyclic) bond motifs is 1. The number of aromatic nitrogens is 3. The van der Waals surface area contributed by atoms with Crippen molar-refractivity contribution in [2.75, 3.05) is 5.32 Å². The Kier molecular flexibility index (Phi) is 4.95. The van der Waals surface area contributed by atoms with Crippen LogP contribution in [0.1, 0.15) is 41.9 Å². The first-order chi connectivity index (χ1) is 16.9. The molecule has 11 heteroatoms. The van der Waals surface area contributed by atoms with E-state index >= 15 is 0 Å². The average Bonchev–Trinajstić information content (AvgIpc) is 3.15. The van der Waals surface area contributed by atoms with Gasteiger partial charge in [-0.25, -0.2) is 9.78 Å². The van der Waals surface area contributed by atoms with E-state index in [0.29, 0.717) is 27.8 Å². The monoisotopic (exact) mass is 489 g/mol. The van der Waals surface area contributed by atoms with E-state index < -0.39 is 11.9 Å². The van der Waals surface area contributed by atoms with E-state index in [9.17, 15) is 14.4 Å². The van der Waals surface area contributed by atoms with E-state index in [1.54, 1.807) is 16.8 Å². The Hall–Kier alpha value is -3.99. The van der Waals surface area contributed by atoms with Gasteiger partial charge >= 0.3 is 6.03 Å². The molecule has 1 aliphatic carbocycles. The van der Waals surface area contributed by atoms with Crippen molar-refractivity contribution >= 4 is 46.7 Å². The van der Waals surface area contributed by atoms with Crippen molar-refractivity contribution in [3.63, 3.8) is 0 Å². The van der Waals surface area contributed by atoms with E-state index in [4.69, 9.17) is 4.98 Å². The molecule has 1 saturated heterocycles. The summed E-state index contributed by atoms with van der Waals surface area (Å²) in [5, 5.41) is 12.6. The van der Waals surface area contributed by atoms with Crippen molar-refractivity contribution in [1.82, 2.24) is 30.1 Å². The molecule has 0 bridgehead atoms. The number of carbonyl (C=O) groups is 3. The molecular formula is C24H23N7O3S. The summed E-state index contributed by atoms with van der Waals surface area (Å²) in [6, 6.07) is 5.63. The van der Waals surface area contributed by atoms with Gasteiger partial charge in [-0.3, -0.25) is 14.9 Å². The van der Waals surface area contributed by atoms with Crippen molar-refractivity contribution in [3.05, 3.63) is 52.7 Å². The molecule has 35 heavy (non-hydrogen) atoms. The molecule has 10 nitrogen and oxygen atoms in total. The number of hydrogen-bond acceptors (Lipinski definition) is 7. The third-order valence-corrected chi connectivity index (χ3v) is 7.39. The predicted molar refractivity (Wildman–Crippen MR) is 132 cm³/mol. The molecule has 3 N–H and O–H groups in total. The summed E-state index contributed by atoms with van der Waals surface area (Å²) >= 11 is 1.40. The van der Waals surface area contributed by atoms with Gasteiger partial charge in [0, 0.05) is 29.8 Å². The second-order valence-electron chi connectivity index (χ2n) is 8.99. The first kappa shape index (κ1) is 21.5. The van der Waals surface area contributed by atoms with Crippen LogP contribution in [0, 0.1) is 0 Å². The van der Waals surface area contributed by atoms with Gasteiger partial charge in [0.25, 0.3) is 11.8 Å². The third-order valence-electron chi connectivity index (χ3n) is 6.30. The summed E-state index contributed by atoms with van der Waals surface area (Å²) < 4.78 is 1.70. The van der Waals surface area contributed by atoms with Gasteiger partial charge in [0.15, 0.2) is 5.65 Å². The maximum absolute atomic E-state index is 13.2. The van der Waals surface area contributed by atoms with Crippen LogP contribution in [0.3, 0.4) is 0 Å². The summed E-state index contributed by atoms with van der Waals surface area (Å²) in [5.41, 5.74) is 1.97. The normalized spacial score (nSPS) is 22.8. The third kappa shape index (κ3) is 3.87. The molecule has 2 aliphatic heterocycles. The van der Waals surface area contributed by atoms with E-state index in [2.05, 4.69) is 21.0 Å². The number of nitrogens with zero attached hydrogens (tertiary/aromatic N) is 4. The highest BCUT2D eigenvalue weighted by Crippen LogP contribution is 2.33.